The van der Waals surface area contributed by atoms with Crippen LogP contribution in [0.4, 0.5) is 0 Å². The third-order valence-corrected chi connectivity index (χ3v) is 3.88. The molecule has 0 aliphatic carbocycles. The Balaban J connectivity index is 2.38. The zero-order chi connectivity index (χ0) is 13.6. The summed E-state index contributed by atoms with van der Waals surface area (Å²) in [5.41, 5.74) is -0.264. The largest absolute Gasteiger partial charge is 0.353 e. The van der Waals surface area contributed by atoms with Crippen LogP contribution in [0.5, 0.6) is 0 Å². The van der Waals surface area contributed by atoms with Crippen LogP contribution in [0.25, 0.3) is 0 Å². The number of rotatable bonds is 7. The number of carbonyl (C=O) groups excluding carboxylic acids is 1. The molecule has 1 aromatic heterocycles. The molecule has 0 spiro atoms. The Bertz CT molecular complexity index is 362. The van der Waals surface area contributed by atoms with Gasteiger partial charge in [-0.25, -0.2) is 4.98 Å². The minimum atomic E-state index is -0.264. The Labute approximate surface area is 113 Å². The molecule has 5 heteroatoms. The number of thiazole rings is 1. The minimum absolute atomic E-state index is 0.0422. The summed E-state index contributed by atoms with van der Waals surface area (Å²) in [6.07, 6.45) is 3.88. The summed E-state index contributed by atoms with van der Waals surface area (Å²) in [7, 11) is 0. The molecule has 0 aliphatic heterocycles. The summed E-state index contributed by atoms with van der Waals surface area (Å²) in [6.45, 7) is 8.55. The molecule has 102 valence electrons. The van der Waals surface area contributed by atoms with E-state index in [-0.39, 0.29) is 17.5 Å². The van der Waals surface area contributed by atoms with Crippen LogP contribution in [0, 0.1) is 0 Å². The average Bonchev–Trinajstić information content (AvgIpc) is 2.81. The van der Waals surface area contributed by atoms with Gasteiger partial charge in [-0.2, -0.15) is 0 Å². The number of nitrogens with one attached hydrogen (secondary N) is 2. The van der Waals surface area contributed by atoms with E-state index in [1.54, 1.807) is 17.5 Å². The first-order valence-corrected chi connectivity index (χ1v) is 7.28. The van der Waals surface area contributed by atoms with Gasteiger partial charge >= 0.3 is 0 Å². The highest BCUT2D eigenvalue weighted by atomic mass is 32.1. The quantitative estimate of drug-likeness (QED) is 0.798. The van der Waals surface area contributed by atoms with E-state index < -0.39 is 0 Å². The predicted octanol–water partition coefficient (Wildman–Crippen LogP) is 2.27. The average molecular weight is 269 g/mol. The summed E-state index contributed by atoms with van der Waals surface area (Å²) in [5, 5.41) is 9.17. The van der Waals surface area contributed by atoms with Crippen molar-refractivity contribution in [2.24, 2.45) is 0 Å². The van der Waals surface area contributed by atoms with Crippen molar-refractivity contribution in [2.75, 3.05) is 6.54 Å². The highest BCUT2D eigenvalue weighted by molar-refractivity contribution is 7.09. The van der Waals surface area contributed by atoms with E-state index in [4.69, 9.17) is 0 Å². The maximum atomic E-state index is 11.8. The molecule has 0 aliphatic rings. The Morgan fingerprint density at radius 2 is 2.28 bits per heavy atom. The smallest absolute Gasteiger partial charge is 0.234 e. The summed E-state index contributed by atoms with van der Waals surface area (Å²) in [4.78, 5) is 16.0. The third kappa shape index (κ3) is 4.74. The number of aromatic nitrogens is 1. The fourth-order valence-corrected chi connectivity index (χ4v) is 2.48. The fourth-order valence-electron chi connectivity index (χ4n) is 1.74. The van der Waals surface area contributed by atoms with Crippen LogP contribution in [0.2, 0.25) is 0 Å². The van der Waals surface area contributed by atoms with E-state index in [2.05, 4.69) is 22.5 Å². The van der Waals surface area contributed by atoms with Gasteiger partial charge in [0.2, 0.25) is 5.91 Å². The first kappa shape index (κ1) is 15.1. The van der Waals surface area contributed by atoms with E-state index in [0.717, 1.165) is 17.8 Å². The van der Waals surface area contributed by atoms with Crippen LogP contribution < -0.4 is 10.6 Å². The summed E-state index contributed by atoms with van der Waals surface area (Å²) >= 11 is 1.60. The molecule has 4 nitrogen and oxygen atoms in total. The Hall–Kier alpha value is -0.940. The number of hydrogen-bond acceptors (Lipinski definition) is 4. The van der Waals surface area contributed by atoms with Gasteiger partial charge in [-0.3, -0.25) is 10.1 Å². The van der Waals surface area contributed by atoms with Gasteiger partial charge in [-0.1, -0.05) is 13.3 Å². The van der Waals surface area contributed by atoms with Crippen molar-refractivity contribution in [1.82, 2.24) is 15.6 Å². The number of hydrogen-bond donors (Lipinski definition) is 2. The van der Waals surface area contributed by atoms with Gasteiger partial charge in [-0.15, -0.1) is 11.3 Å². The van der Waals surface area contributed by atoms with Crippen LogP contribution in [0.3, 0.4) is 0 Å². The first-order chi connectivity index (χ1) is 8.45. The summed E-state index contributed by atoms with van der Waals surface area (Å²) < 4.78 is 0. The second-order valence-electron chi connectivity index (χ2n) is 5.07. The van der Waals surface area contributed by atoms with Crippen LogP contribution in [-0.2, 0) is 10.3 Å². The predicted molar refractivity (Wildman–Crippen MR) is 75.7 cm³/mol. The molecule has 1 heterocycles. The van der Waals surface area contributed by atoms with Gasteiger partial charge in [0, 0.05) is 17.6 Å². The molecule has 2 N–H and O–H groups in total. The molecule has 0 saturated carbocycles. The van der Waals surface area contributed by atoms with Gasteiger partial charge in [-0.05, 0) is 27.2 Å². The molecule has 0 fully saturated rings. The lowest BCUT2D eigenvalue weighted by molar-refractivity contribution is -0.121. The molecule has 0 bridgehead atoms. The molecule has 1 aromatic rings. The van der Waals surface area contributed by atoms with E-state index in [1.165, 1.54) is 0 Å². The summed E-state index contributed by atoms with van der Waals surface area (Å²) in [5.74, 6) is 0.0422. The highest BCUT2D eigenvalue weighted by Crippen LogP contribution is 2.21. The van der Waals surface area contributed by atoms with Crippen LogP contribution >= 0.6 is 11.3 Å². The van der Waals surface area contributed by atoms with E-state index in [9.17, 15) is 4.79 Å². The first-order valence-electron chi connectivity index (χ1n) is 6.40. The van der Waals surface area contributed by atoms with Crippen molar-refractivity contribution in [2.45, 2.75) is 52.1 Å². The molecule has 1 amide bonds. The molecule has 1 rings (SSSR count). The van der Waals surface area contributed by atoms with Crippen LogP contribution in [0.15, 0.2) is 11.6 Å². The van der Waals surface area contributed by atoms with Gasteiger partial charge in [0.1, 0.15) is 5.01 Å². The number of amides is 1. The van der Waals surface area contributed by atoms with Crippen molar-refractivity contribution in [3.63, 3.8) is 0 Å². The topological polar surface area (TPSA) is 54.0 Å². The van der Waals surface area contributed by atoms with E-state index >= 15 is 0 Å². The van der Waals surface area contributed by atoms with E-state index in [1.807, 2.05) is 26.2 Å². The van der Waals surface area contributed by atoms with Crippen molar-refractivity contribution in [1.29, 1.82) is 0 Å². The molecule has 18 heavy (non-hydrogen) atoms. The van der Waals surface area contributed by atoms with Crippen LogP contribution in [-0.4, -0.2) is 23.5 Å². The molecule has 1 atom stereocenters. The molecule has 0 saturated heterocycles. The second kappa shape index (κ2) is 6.85. The van der Waals surface area contributed by atoms with Gasteiger partial charge < -0.3 is 5.32 Å². The Kier molecular flexibility index (Phi) is 5.75. The maximum absolute atomic E-state index is 11.8. The van der Waals surface area contributed by atoms with Crippen LogP contribution in [0.1, 0.15) is 45.5 Å². The maximum Gasteiger partial charge on any atom is 0.234 e. The Morgan fingerprint density at radius 1 is 1.56 bits per heavy atom. The lowest BCUT2D eigenvalue weighted by Gasteiger charge is -2.24. The molecular weight excluding hydrogens is 246 g/mol. The molecular formula is C13H23N3OS. The number of nitrogens with zero attached hydrogens (tertiary/aromatic N) is 1. The zero-order valence-electron chi connectivity index (χ0n) is 11.6. The standard InChI is InChI=1S/C13H23N3OS/c1-5-6-10(2)16-11(17)9-15-13(3,4)12-14-7-8-18-12/h7-8,10,15H,5-6,9H2,1-4H3,(H,16,17). The van der Waals surface area contributed by atoms with Gasteiger partial charge in [0.15, 0.2) is 0 Å². The fraction of sp³-hybridized carbons (Fsp3) is 0.692. The highest BCUT2D eigenvalue weighted by Gasteiger charge is 2.23. The second-order valence-corrected chi connectivity index (χ2v) is 5.97. The Morgan fingerprint density at radius 3 is 2.83 bits per heavy atom. The zero-order valence-corrected chi connectivity index (χ0v) is 12.4. The third-order valence-electron chi connectivity index (χ3n) is 2.79. The monoisotopic (exact) mass is 269 g/mol. The van der Waals surface area contributed by atoms with Crippen molar-refractivity contribution in [3.8, 4) is 0 Å². The number of carbonyl (C=O) groups is 1. The summed E-state index contributed by atoms with van der Waals surface area (Å²) in [6, 6.07) is 0.243. The molecule has 1 unspecified atom stereocenters. The molecule has 0 radical (unpaired) electrons. The minimum Gasteiger partial charge on any atom is -0.353 e. The van der Waals surface area contributed by atoms with Crippen molar-refractivity contribution >= 4 is 17.2 Å². The van der Waals surface area contributed by atoms with E-state index in [0.29, 0.717) is 6.54 Å². The SMILES string of the molecule is CCCC(C)NC(=O)CNC(C)(C)c1nccs1. The normalized spacial score (nSPS) is 13.3. The van der Waals surface area contributed by atoms with Gasteiger partial charge in [0.25, 0.3) is 0 Å². The van der Waals surface area contributed by atoms with Crippen molar-refractivity contribution in [3.05, 3.63) is 16.6 Å². The lowest BCUT2D eigenvalue weighted by atomic mass is 10.1. The van der Waals surface area contributed by atoms with Crippen molar-refractivity contribution < 1.29 is 4.79 Å². The lowest BCUT2D eigenvalue weighted by Crippen LogP contribution is -2.45. The molecule has 0 aromatic carbocycles. The van der Waals surface area contributed by atoms with Gasteiger partial charge in [0.05, 0.1) is 12.1 Å².